The fourth-order valence-corrected chi connectivity index (χ4v) is 7.98. The number of likely N-dealkylation sites (N-methyl/N-ethyl adjacent to an activating group) is 1. The van der Waals surface area contributed by atoms with E-state index in [1.54, 1.807) is 31.3 Å². The number of ether oxygens (including phenoxy) is 3. The number of carbonyl (C=O) groups excluding carboxylic acids is 3. The highest BCUT2D eigenvalue weighted by Crippen LogP contribution is 2.45. The first-order valence-corrected chi connectivity index (χ1v) is 18.9. The third-order valence-corrected chi connectivity index (χ3v) is 11.9. The number of pyridine rings is 1. The smallest absolute Gasteiger partial charge is 0.410 e. The zero-order valence-electron chi connectivity index (χ0n) is 30.1. The van der Waals surface area contributed by atoms with Crippen LogP contribution in [0.2, 0.25) is 0 Å². The van der Waals surface area contributed by atoms with Gasteiger partial charge in [-0.2, -0.15) is 0 Å². The molecule has 13 nitrogen and oxygen atoms in total. The molecule has 2 saturated carbocycles. The molecule has 2 unspecified atom stereocenters. The lowest BCUT2D eigenvalue weighted by Gasteiger charge is -2.37. The van der Waals surface area contributed by atoms with Crippen LogP contribution in [0.15, 0.2) is 43.1 Å². The molecular weight excluding hydrogens is 662 g/mol. The SMILES string of the molecule is C=CC1C[C@]1(NC(=O)[C@@H]1C[C@@H](Oc2nccc3cc(OC)ccc23)CN1CC([C@@H](C)CC)N(C)C(=O)OC(C)(C)C)C(=O)NS(=O)(=O)C1CC1. The van der Waals surface area contributed by atoms with Gasteiger partial charge in [-0.3, -0.25) is 19.2 Å². The Bertz CT molecular complexity index is 1720. The summed E-state index contributed by atoms with van der Waals surface area (Å²) in [6, 6.07) is 6.38. The molecule has 2 heterocycles. The monoisotopic (exact) mass is 713 g/mol. The molecular formula is C36H51N5O8S. The number of hydrogen-bond acceptors (Lipinski definition) is 10. The number of methoxy groups -OCH3 is 1. The van der Waals surface area contributed by atoms with Gasteiger partial charge in [0.2, 0.25) is 21.8 Å². The second kappa shape index (κ2) is 14.4. The summed E-state index contributed by atoms with van der Waals surface area (Å²) in [6.45, 7) is 14.0. The number of sulfonamides is 1. The summed E-state index contributed by atoms with van der Waals surface area (Å²) in [4.78, 5) is 49.1. The maximum Gasteiger partial charge on any atom is 0.410 e. The molecule has 1 saturated heterocycles. The zero-order valence-corrected chi connectivity index (χ0v) is 30.9. The van der Waals surface area contributed by atoms with Crippen LogP contribution in [-0.2, 0) is 24.3 Å². The number of aromatic nitrogens is 1. The zero-order chi connectivity index (χ0) is 36.6. The normalized spacial score (nSPS) is 24.9. The number of amides is 3. The van der Waals surface area contributed by atoms with Crippen LogP contribution >= 0.6 is 0 Å². The second-order valence-corrected chi connectivity index (χ2v) is 16.8. The Kier molecular flexibility index (Phi) is 10.7. The van der Waals surface area contributed by atoms with Crippen LogP contribution in [0.5, 0.6) is 11.6 Å². The number of hydrogen-bond donors (Lipinski definition) is 2. The van der Waals surface area contributed by atoms with Crippen molar-refractivity contribution in [1.82, 2.24) is 24.8 Å². The highest BCUT2D eigenvalue weighted by molar-refractivity contribution is 7.91. The number of nitrogens with one attached hydrogen (secondary N) is 2. The average Bonchev–Trinajstić information content (AvgIpc) is 3.99. The second-order valence-electron chi connectivity index (χ2n) is 14.9. The lowest BCUT2D eigenvalue weighted by atomic mass is 9.97. The van der Waals surface area contributed by atoms with Crippen molar-refractivity contribution in [2.45, 2.75) is 101 Å². The Balaban J connectivity index is 1.42. The van der Waals surface area contributed by atoms with Crippen LogP contribution in [0.3, 0.4) is 0 Å². The summed E-state index contributed by atoms with van der Waals surface area (Å²) in [7, 11) is -0.525. The van der Waals surface area contributed by atoms with Crippen molar-refractivity contribution in [3.05, 3.63) is 43.1 Å². The molecule has 2 aromatic rings. The third-order valence-electron chi connectivity index (χ3n) is 10.0. The first kappa shape index (κ1) is 37.3. The third kappa shape index (κ3) is 8.17. The van der Waals surface area contributed by atoms with E-state index in [1.165, 1.54) is 0 Å². The minimum absolute atomic E-state index is 0.0456. The predicted molar refractivity (Wildman–Crippen MR) is 189 cm³/mol. The van der Waals surface area contributed by atoms with Crippen molar-refractivity contribution >= 4 is 38.7 Å². The van der Waals surface area contributed by atoms with Crippen molar-refractivity contribution in [2.75, 3.05) is 27.2 Å². The quantitative estimate of drug-likeness (QED) is 0.274. The van der Waals surface area contributed by atoms with Crippen LogP contribution in [0.1, 0.15) is 66.7 Å². The van der Waals surface area contributed by atoms with E-state index in [0.717, 1.165) is 17.2 Å². The minimum atomic E-state index is -3.83. The average molecular weight is 714 g/mol. The molecule has 3 aliphatic rings. The number of fused-ring (bicyclic) bond motifs is 1. The Morgan fingerprint density at radius 2 is 1.94 bits per heavy atom. The largest absolute Gasteiger partial charge is 0.497 e. The van der Waals surface area contributed by atoms with Gasteiger partial charge in [-0.05, 0) is 75.6 Å². The topological polar surface area (TPSA) is 156 Å². The van der Waals surface area contributed by atoms with E-state index in [-0.39, 0.29) is 24.8 Å². The van der Waals surface area contributed by atoms with Crippen molar-refractivity contribution < 1.29 is 37.0 Å². The first-order chi connectivity index (χ1) is 23.5. The van der Waals surface area contributed by atoms with Gasteiger partial charge in [0.25, 0.3) is 5.91 Å². The van der Waals surface area contributed by atoms with Gasteiger partial charge in [0.05, 0.1) is 18.4 Å². The van der Waals surface area contributed by atoms with E-state index in [4.69, 9.17) is 14.2 Å². The van der Waals surface area contributed by atoms with E-state index in [2.05, 4.69) is 28.5 Å². The molecule has 0 spiro atoms. The molecule has 6 atom stereocenters. The van der Waals surface area contributed by atoms with E-state index in [9.17, 15) is 22.8 Å². The Hall–Kier alpha value is -3.91. The van der Waals surface area contributed by atoms with E-state index >= 15 is 0 Å². The fraction of sp³-hybridized carbons (Fsp3) is 0.611. The summed E-state index contributed by atoms with van der Waals surface area (Å²) in [6.07, 6.45) is 4.56. The summed E-state index contributed by atoms with van der Waals surface area (Å²) < 4.78 is 45.2. The number of rotatable bonds is 14. The van der Waals surface area contributed by atoms with Gasteiger partial charge in [0, 0.05) is 50.1 Å². The summed E-state index contributed by atoms with van der Waals surface area (Å²) in [5.41, 5.74) is -2.12. The molecule has 1 aromatic carbocycles. The maximum absolute atomic E-state index is 14.3. The molecule has 0 radical (unpaired) electrons. The highest BCUT2D eigenvalue weighted by Gasteiger charge is 2.61. The molecule has 1 aromatic heterocycles. The van der Waals surface area contributed by atoms with Crippen LogP contribution in [0.4, 0.5) is 4.79 Å². The minimum Gasteiger partial charge on any atom is -0.497 e. The summed E-state index contributed by atoms with van der Waals surface area (Å²) in [5, 5.41) is 4.01. The molecule has 274 valence electrons. The van der Waals surface area contributed by atoms with Crippen molar-refractivity contribution in [1.29, 1.82) is 0 Å². The Morgan fingerprint density at radius 3 is 2.54 bits per heavy atom. The van der Waals surface area contributed by atoms with Crippen LogP contribution in [0, 0.1) is 11.8 Å². The van der Waals surface area contributed by atoms with Gasteiger partial charge < -0.3 is 24.4 Å². The van der Waals surface area contributed by atoms with Gasteiger partial charge in [-0.25, -0.2) is 18.2 Å². The lowest BCUT2D eigenvalue weighted by Crippen LogP contribution is -2.57. The molecule has 1 aliphatic heterocycles. The van der Waals surface area contributed by atoms with Crippen LogP contribution < -0.4 is 19.5 Å². The number of benzene rings is 1. The predicted octanol–water partition coefficient (Wildman–Crippen LogP) is 4.02. The lowest BCUT2D eigenvalue weighted by molar-refractivity contribution is -0.132. The molecule has 2 aliphatic carbocycles. The summed E-state index contributed by atoms with van der Waals surface area (Å²) in [5.74, 6) is -0.453. The van der Waals surface area contributed by atoms with Gasteiger partial charge in [0.15, 0.2) is 0 Å². The van der Waals surface area contributed by atoms with Crippen molar-refractivity contribution in [2.24, 2.45) is 11.8 Å². The standard InChI is InChI=1S/C36H51N5O8S/c1-9-22(3)30(40(7)34(44)49-35(4,5)6)21-41-20-26(48-32-28-14-11-25(47-8)17-23(28)15-16-37-32)18-29(41)31(42)38-36(19-24(36)10-2)33(43)39-50(45,46)27-12-13-27/h10-11,14-17,22,24,26-27,29-30H,2,9,12-13,18-21H2,1,3-8H3,(H,38,42)(H,39,43)/t22-,24?,26+,29-,30?,36+/m0/s1. The Labute approximate surface area is 295 Å². The summed E-state index contributed by atoms with van der Waals surface area (Å²) >= 11 is 0. The van der Waals surface area contributed by atoms with Gasteiger partial charge in [-0.1, -0.05) is 26.3 Å². The Morgan fingerprint density at radius 1 is 1.22 bits per heavy atom. The van der Waals surface area contributed by atoms with Gasteiger partial charge in [0.1, 0.15) is 23.0 Å². The molecule has 3 amide bonds. The fourth-order valence-electron chi connectivity index (χ4n) is 6.61. The number of likely N-dealkylation sites (tertiary alicyclic amines) is 1. The van der Waals surface area contributed by atoms with Crippen LogP contribution in [-0.4, -0.2) is 103 Å². The molecule has 5 rings (SSSR count). The molecule has 2 N–H and O–H groups in total. The van der Waals surface area contributed by atoms with Crippen molar-refractivity contribution in [3.8, 4) is 11.6 Å². The van der Waals surface area contributed by atoms with Gasteiger partial charge in [-0.15, -0.1) is 6.58 Å². The maximum atomic E-state index is 14.3. The van der Waals surface area contributed by atoms with Gasteiger partial charge >= 0.3 is 6.09 Å². The first-order valence-electron chi connectivity index (χ1n) is 17.3. The molecule has 14 heteroatoms. The molecule has 50 heavy (non-hydrogen) atoms. The number of nitrogens with zero attached hydrogens (tertiary/aromatic N) is 3. The highest BCUT2D eigenvalue weighted by atomic mass is 32.2. The van der Waals surface area contributed by atoms with E-state index in [1.807, 2.05) is 56.9 Å². The number of carbonyl (C=O) groups is 3. The molecule has 0 bridgehead atoms. The van der Waals surface area contributed by atoms with E-state index < -0.39 is 62.4 Å². The van der Waals surface area contributed by atoms with E-state index in [0.29, 0.717) is 37.6 Å². The van der Waals surface area contributed by atoms with Crippen molar-refractivity contribution in [3.63, 3.8) is 0 Å². The van der Waals surface area contributed by atoms with Crippen LogP contribution in [0.25, 0.3) is 10.8 Å². The molecule has 3 fully saturated rings.